The Morgan fingerprint density at radius 1 is 1.19 bits per heavy atom. The first-order chi connectivity index (χ1) is 13.0. The van der Waals surface area contributed by atoms with Gasteiger partial charge in [0.2, 0.25) is 11.8 Å². The van der Waals surface area contributed by atoms with Crippen LogP contribution in [0.1, 0.15) is 12.8 Å². The van der Waals surface area contributed by atoms with Gasteiger partial charge in [0.15, 0.2) is 10.4 Å². The molecule has 1 aromatic carbocycles. The van der Waals surface area contributed by atoms with Crippen LogP contribution in [0.5, 0.6) is 0 Å². The van der Waals surface area contributed by atoms with Gasteiger partial charge in [0.25, 0.3) is 5.89 Å². The second-order valence-electron chi connectivity index (χ2n) is 5.55. The molecule has 27 heavy (non-hydrogen) atoms. The van der Waals surface area contributed by atoms with Gasteiger partial charge in [-0.05, 0) is 46.7 Å². The van der Waals surface area contributed by atoms with Crippen molar-refractivity contribution in [3.63, 3.8) is 0 Å². The minimum atomic E-state index is -0.836. The van der Waals surface area contributed by atoms with E-state index in [1.54, 1.807) is 17.0 Å². The van der Waals surface area contributed by atoms with E-state index in [1.165, 1.54) is 6.07 Å². The maximum atomic E-state index is 13.6. The number of halogens is 3. The Hall–Kier alpha value is -2.59. The quantitative estimate of drug-likeness (QED) is 0.600. The third-order valence-corrected chi connectivity index (χ3v) is 4.08. The molecule has 0 atom stereocenters. The smallest absolute Gasteiger partial charge is 0.283 e. The fraction of sp³-hybridized carbons (Fsp3) is 0.235. The third-order valence-electron chi connectivity index (χ3n) is 3.65. The lowest BCUT2D eigenvalue weighted by molar-refractivity contribution is -0.117. The molecule has 3 aromatic rings. The summed E-state index contributed by atoms with van der Waals surface area (Å²) in [5.74, 6) is -1.32. The van der Waals surface area contributed by atoms with Gasteiger partial charge in [0.05, 0.1) is 13.1 Å². The lowest BCUT2D eigenvalue weighted by Gasteiger charge is -2.18. The van der Waals surface area contributed by atoms with Crippen molar-refractivity contribution >= 4 is 27.5 Å². The number of hydrogen-bond donors (Lipinski definition) is 1. The highest BCUT2D eigenvalue weighted by Gasteiger charge is 2.18. The summed E-state index contributed by atoms with van der Waals surface area (Å²) < 4.78 is 38.7. The maximum absolute atomic E-state index is 13.6. The lowest BCUT2D eigenvalue weighted by atomic mass is 10.3. The van der Waals surface area contributed by atoms with Gasteiger partial charge in [-0.1, -0.05) is 13.0 Å². The summed E-state index contributed by atoms with van der Waals surface area (Å²) in [4.78, 5) is 13.8. The highest BCUT2D eigenvalue weighted by atomic mass is 79.9. The Morgan fingerprint density at radius 3 is 2.56 bits per heavy atom. The predicted molar refractivity (Wildman–Crippen MR) is 95.6 cm³/mol. The molecule has 142 valence electrons. The SMILES string of the molecule is CCN(CC(=O)Nc1c(F)cccc1F)Cc1nnc(-c2ccc(Br)o2)o1. The first kappa shape index (κ1) is 19.2. The van der Waals surface area contributed by atoms with Crippen molar-refractivity contribution in [1.29, 1.82) is 0 Å². The van der Waals surface area contributed by atoms with Gasteiger partial charge in [-0.25, -0.2) is 8.78 Å². The number of likely N-dealkylation sites (N-methyl/N-ethyl adjacent to an activating group) is 1. The van der Waals surface area contributed by atoms with Crippen LogP contribution in [0.15, 0.2) is 43.8 Å². The Kier molecular flexibility index (Phi) is 5.97. The Bertz CT molecular complexity index is 924. The van der Waals surface area contributed by atoms with Crippen molar-refractivity contribution in [1.82, 2.24) is 15.1 Å². The zero-order valence-electron chi connectivity index (χ0n) is 14.2. The van der Waals surface area contributed by atoms with E-state index in [9.17, 15) is 13.6 Å². The van der Waals surface area contributed by atoms with Crippen molar-refractivity contribution in [2.45, 2.75) is 13.5 Å². The number of carbonyl (C=O) groups excluding carboxylic acids is 1. The minimum absolute atomic E-state index is 0.103. The van der Waals surface area contributed by atoms with Crippen LogP contribution in [-0.4, -0.2) is 34.1 Å². The Morgan fingerprint density at radius 2 is 1.93 bits per heavy atom. The highest BCUT2D eigenvalue weighted by Crippen LogP contribution is 2.24. The number of furan rings is 1. The van der Waals surface area contributed by atoms with E-state index in [0.29, 0.717) is 17.0 Å². The molecule has 0 saturated heterocycles. The molecule has 0 unspecified atom stereocenters. The molecule has 0 aliphatic carbocycles. The van der Waals surface area contributed by atoms with Gasteiger partial charge in [0, 0.05) is 0 Å². The van der Waals surface area contributed by atoms with Crippen LogP contribution in [0.3, 0.4) is 0 Å². The number of benzene rings is 1. The molecule has 0 aliphatic heterocycles. The van der Waals surface area contributed by atoms with Gasteiger partial charge >= 0.3 is 0 Å². The molecule has 3 rings (SSSR count). The van der Waals surface area contributed by atoms with Crippen LogP contribution < -0.4 is 5.32 Å². The summed E-state index contributed by atoms with van der Waals surface area (Å²) in [6.45, 7) is 2.40. The molecule has 0 spiro atoms. The normalized spacial score (nSPS) is 11.1. The van der Waals surface area contributed by atoms with Crippen LogP contribution >= 0.6 is 15.9 Å². The largest absolute Gasteiger partial charge is 0.444 e. The molecule has 0 fully saturated rings. The van der Waals surface area contributed by atoms with Gasteiger partial charge < -0.3 is 14.2 Å². The number of nitrogens with zero attached hydrogens (tertiary/aromatic N) is 3. The fourth-order valence-electron chi connectivity index (χ4n) is 2.32. The molecular formula is C17H15BrF2N4O3. The number of rotatable bonds is 7. The number of para-hydroxylation sites is 1. The van der Waals surface area contributed by atoms with Crippen LogP contribution in [-0.2, 0) is 11.3 Å². The van der Waals surface area contributed by atoms with Crippen LogP contribution in [0.2, 0.25) is 0 Å². The van der Waals surface area contributed by atoms with E-state index < -0.39 is 23.2 Å². The molecular weight excluding hydrogens is 426 g/mol. The second-order valence-corrected chi connectivity index (χ2v) is 6.33. The molecule has 1 amide bonds. The van der Waals surface area contributed by atoms with Crippen molar-refractivity contribution in [2.24, 2.45) is 0 Å². The van der Waals surface area contributed by atoms with Crippen molar-refractivity contribution in [2.75, 3.05) is 18.4 Å². The third kappa shape index (κ3) is 4.77. The summed E-state index contributed by atoms with van der Waals surface area (Å²) in [6.07, 6.45) is 0. The standard InChI is InChI=1S/C17H15BrF2N4O3/c1-2-24(8-14(25)21-16-10(19)4-3-5-11(16)20)9-15-22-23-17(27-15)12-6-7-13(18)26-12/h3-7H,2,8-9H2,1H3,(H,21,25). The van der Waals surface area contributed by atoms with Gasteiger partial charge in [-0.3, -0.25) is 9.69 Å². The van der Waals surface area contributed by atoms with E-state index in [0.717, 1.165) is 12.1 Å². The Labute approximate surface area is 161 Å². The van der Waals surface area contributed by atoms with E-state index in [2.05, 4.69) is 31.4 Å². The number of nitrogens with one attached hydrogen (secondary N) is 1. The summed E-state index contributed by atoms with van der Waals surface area (Å²) in [6, 6.07) is 6.75. The maximum Gasteiger partial charge on any atom is 0.283 e. The average molecular weight is 441 g/mol. The zero-order chi connectivity index (χ0) is 19.4. The highest BCUT2D eigenvalue weighted by molar-refractivity contribution is 9.10. The molecule has 2 heterocycles. The van der Waals surface area contributed by atoms with Gasteiger partial charge in [0.1, 0.15) is 17.3 Å². The van der Waals surface area contributed by atoms with E-state index in [-0.39, 0.29) is 24.9 Å². The van der Waals surface area contributed by atoms with Crippen LogP contribution in [0.25, 0.3) is 11.7 Å². The molecule has 0 saturated carbocycles. The van der Waals surface area contributed by atoms with Crippen molar-refractivity contribution in [3.05, 3.63) is 52.5 Å². The molecule has 1 N–H and O–H groups in total. The predicted octanol–water partition coefficient (Wildman–Crippen LogP) is 3.83. The number of hydrogen-bond acceptors (Lipinski definition) is 6. The van der Waals surface area contributed by atoms with E-state index >= 15 is 0 Å². The number of aromatic nitrogens is 2. The van der Waals surface area contributed by atoms with Crippen molar-refractivity contribution < 1.29 is 22.4 Å². The topological polar surface area (TPSA) is 84.4 Å². The number of carbonyl (C=O) groups is 1. The summed E-state index contributed by atoms with van der Waals surface area (Å²) in [7, 11) is 0. The summed E-state index contributed by atoms with van der Waals surface area (Å²) in [5, 5.41) is 10.1. The first-order valence-electron chi connectivity index (χ1n) is 8.00. The zero-order valence-corrected chi connectivity index (χ0v) is 15.8. The van der Waals surface area contributed by atoms with Crippen LogP contribution in [0, 0.1) is 11.6 Å². The summed E-state index contributed by atoms with van der Waals surface area (Å²) >= 11 is 3.19. The molecule has 2 aromatic heterocycles. The van der Waals surface area contributed by atoms with Crippen molar-refractivity contribution in [3.8, 4) is 11.7 Å². The van der Waals surface area contributed by atoms with E-state index in [4.69, 9.17) is 8.83 Å². The average Bonchev–Trinajstić information content (AvgIpc) is 3.26. The Balaban J connectivity index is 1.62. The molecule has 0 aliphatic rings. The molecule has 7 nitrogen and oxygen atoms in total. The lowest BCUT2D eigenvalue weighted by Crippen LogP contribution is -2.33. The second kappa shape index (κ2) is 8.40. The van der Waals surface area contributed by atoms with Gasteiger partial charge in [-0.15, -0.1) is 10.2 Å². The first-order valence-corrected chi connectivity index (χ1v) is 8.80. The molecule has 0 radical (unpaired) electrons. The fourth-order valence-corrected chi connectivity index (χ4v) is 2.62. The van der Waals surface area contributed by atoms with Crippen LogP contribution in [0.4, 0.5) is 14.5 Å². The summed E-state index contributed by atoms with van der Waals surface area (Å²) in [5.41, 5.74) is -0.470. The molecule has 0 bridgehead atoms. The molecule has 10 heteroatoms. The minimum Gasteiger partial charge on any atom is -0.444 e. The van der Waals surface area contributed by atoms with Gasteiger partial charge in [-0.2, -0.15) is 0 Å². The van der Waals surface area contributed by atoms with E-state index in [1.807, 2.05) is 6.92 Å². The number of anilines is 1. The number of amides is 1. The monoisotopic (exact) mass is 440 g/mol.